The zero-order chi connectivity index (χ0) is 26.9. The molecule has 0 amide bonds. The summed E-state index contributed by atoms with van der Waals surface area (Å²) in [5.41, 5.74) is 8.71. The van der Waals surface area contributed by atoms with Crippen LogP contribution >= 0.6 is 0 Å². The molecular weight excluding hydrogens is 506 g/mol. The van der Waals surface area contributed by atoms with Crippen molar-refractivity contribution in [1.29, 1.82) is 5.26 Å². The van der Waals surface area contributed by atoms with Crippen molar-refractivity contribution >= 4 is 21.3 Å². The van der Waals surface area contributed by atoms with Gasteiger partial charge in [0, 0.05) is 36.6 Å². The molecule has 5 rings (SSSR count). The lowest BCUT2D eigenvalue weighted by atomic mass is 9.78. The van der Waals surface area contributed by atoms with E-state index in [1.165, 1.54) is 4.52 Å². The summed E-state index contributed by atoms with van der Waals surface area (Å²) in [5.74, 6) is -0.197. The minimum absolute atomic E-state index is 0.0164. The fourth-order valence-corrected chi connectivity index (χ4v) is 6.09. The maximum atomic E-state index is 12.9. The monoisotopic (exact) mass is 535 g/mol. The lowest BCUT2D eigenvalue weighted by molar-refractivity contribution is -0.0495. The number of rotatable bonds is 8. The summed E-state index contributed by atoms with van der Waals surface area (Å²) < 4.78 is 39.8. The maximum absolute atomic E-state index is 12.9. The summed E-state index contributed by atoms with van der Waals surface area (Å²) in [6.07, 6.45) is 8.28. The molecule has 3 heterocycles. The van der Waals surface area contributed by atoms with E-state index in [1.807, 2.05) is 36.5 Å². The molecule has 0 saturated heterocycles. The molecule has 198 valence electrons. The molecule has 1 aliphatic carbocycles. The predicted molar refractivity (Wildman–Crippen MR) is 140 cm³/mol. The number of anilines is 1. The Hall–Kier alpha value is -3.79. The SMILES string of the molecule is COCCOC1(C#N)CCC(c2nc3c(-c4cnn(-c5ccccc5)c4)cnn3c(N)c2S(C)(=O)=O)CC1. The summed E-state index contributed by atoms with van der Waals surface area (Å²) in [4.78, 5) is 4.83. The van der Waals surface area contributed by atoms with E-state index in [0.717, 1.165) is 17.5 Å². The van der Waals surface area contributed by atoms with E-state index in [4.69, 9.17) is 20.2 Å². The molecule has 1 aliphatic rings. The average Bonchev–Trinajstić information content (AvgIpc) is 3.56. The van der Waals surface area contributed by atoms with Crippen molar-refractivity contribution in [3.05, 3.63) is 54.6 Å². The first-order valence-electron chi connectivity index (χ1n) is 12.3. The Balaban J connectivity index is 1.54. The molecule has 0 spiro atoms. The fraction of sp³-hybridized carbons (Fsp3) is 0.385. The predicted octanol–water partition coefficient (Wildman–Crippen LogP) is 3.15. The second-order valence-corrected chi connectivity index (χ2v) is 11.5. The number of nitriles is 1. The van der Waals surface area contributed by atoms with Crippen molar-refractivity contribution in [1.82, 2.24) is 24.4 Å². The number of benzene rings is 1. The highest BCUT2D eigenvalue weighted by molar-refractivity contribution is 7.91. The molecule has 1 aromatic carbocycles. The van der Waals surface area contributed by atoms with E-state index < -0.39 is 15.4 Å². The molecule has 0 bridgehead atoms. The third-order valence-electron chi connectivity index (χ3n) is 7.00. The van der Waals surface area contributed by atoms with E-state index in [0.29, 0.717) is 55.8 Å². The van der Waals surface area contributed by atoms with E-state index in [-0.39, 0.29) is 16.6 Å². The molecule has 0 radical (unpaired) electrons. The number of nitrogens with zero attached hydrogens (tertiary/aromatic N) is 6. The van der Waals surface area contributed by atoms with Crippen molar-refractivity contribution in [2.45, 2.75) is 42.1 Å². The lowest BCUT2D eigenvalue weighted by Gasteiger charge is -2.35. The van der Waals surface area contributed by atoms with Crippen LogP contribution in [0.2, 0.25) is 0 Å². The van der Waals surface area contributed by atoms with Gasteiger partial charge in [0.1, 0.15) is 10.7 Å². The third kappa shape index (κ3) is 4.76. The number of methoxy groups -OCH3 is 1. The highest BCUT2D eigenvalue weighted by Gasteiger charge is 2.39. The zero-order valence-electron chi connectivity index (χ0n) is 21.2. The summed E-state index contributed by atoms with van der Waals surface area (Å²) in [6, 6.07) is 12.0. The van der Waals surface area contributed by atoms with Gasteiger partial charge in [-0.3, -0.25) is 0 Å². The fourth-order valence-electron chi connectivity index (χ4n) is 5.03. The standard InChI is InChI=1S/C26H29N7O4S/c1-36-12-13-37-26(17-27)10-8-18(9-11-26)22-23(38(2,34)35)24(28)33-25(31-22)21(15-30-33)19-14-29-32(16-19)20-6-4-3-5-7-20/h3-7,14-16,18H,8-13,28H2,1-2H3. The van der Waals surface area contributed by atoms with Crippen LogP contribution in [0.5, 0.6) is 0 Å². The van der Waals surface area contributed by atoms with Gasteiger partial charge >= 0.3 is 0 Å². The minimum atomic E-state index is -3.72. The first kappa shape index (κ1) is 25.8. The third-order valence-corrected chi connectivity index (χ3v) is 8.16. The topological polar surface area (TPSA) is 150 Å². The van der Waals surface area contributed by atoms with Crippen LogP contribution in [0, 0.1) is 11.3 Å². The second kappa shape index (κ2) is 10.2. The van der Waals surface area contributed by atoms with Crippen LogP contribution < -0.4 is 5.73 Å². The molecule has 11 nitrogen and oxygen atoms in total. The highest BCUT2D eigenvalue weighted by Crippen LogP contribution is 2.42. The number of ether oxygens (including phenoxy) is 2. The number of sulfone groups is 1. The van der Waals surface area contributed by atoms with Gasteiger partial charge < -0.3 is 15.2 Å². The summed E-state index contributed by atoms with van der Waals surface area (Å²) in [6.45, 7) is 0.709. The molecule has 0 unspecified atom stereocenters. The smallest absolute Gasteiger partial charge is 0.180 e. The van der Waals surface area contributed by atoms with Gasteiger partial charge in [-0.25, -0.2) is 18.1 Å². The molecule has 1 saturated carbocycles. The van der Waals surface area contributed by atoms with Gasteiger partial charge in [0.15, 0.2) is 21.1 Å². The first-order chi connectivity index (χ1) is 18.3. The van der Waals surface area contributed by atoms with Gasteiger partial charge in [0.2, 0.25) is 0 Å². The summed E-state index contributed by atoms with van der Waals surface area (Å²) in [7, 11) is -2.14. The van der Waals surface area contributed by atoms with Crippen LogP contribution in [0.25, 0.3) is 22.5 Å². The second-order valence-electron chi connectivity index (χ2n) is 9.51. The van der Waals surface area contributed by atoms with Gasteiger partial charge in [-0.2, -0.15) is 20.0 Å². The van der Waals surface area contributed by atoms with Crippen LogP contribution in [-0.2, 0) is 19.3 Å². The number of aromatic nitrogens is 5. The van der Waals surface area contributed by atoms with Crippen molar-refractivity contribution in [3.8, 4) is 22.9 Å². The molecular formula is C26H29N7O4S. The Morgan fingerprint density at radius 3 is 2.55 bits per heavy atom. The van der Waals surface area contributed by atoms with Crippen LogP contribution in [-0.4, -0.2) is 65.0 Å². The van der Waals surface area contributed by atoms with Gasteiger partial charge in [0.05, 0.1) is 43.1 Å². The number of nitrogen functional groups attached to an aromatic ring is 1. The molecule has 12 heteroatoms. The highest BCUT2D eigenvalue weighted by atomic mass is 32.2. The van der Waals surface area contributed by atoms with Crippen molar-refractivity contribution in [3.63, 3.8) is 0 Å². The Kier molecular flexibility index (Phi) is 6.92. The van der Waals surface area contributed by atoms with E-state index in [2.05, 4.69) is 16.3 Å². The maximum Gasteiger partial charge on any atom is 0.180 e. The zero-order valence-corrected chi connectivity index (χ0v) is 22.1. The normalized spacial score (nSPS) is 20.0. The average molecular weight is 536 g/mol. The van der Waals surface area contributed by atoms with E-state index in [1.54, 1.807) is 24.2 Å². The number of para-hydroxylation sites is 1. The Bertz CT molecular complexity index is 1600. The van der Waals surface area contributed by atoms with Crippen molar-refractivity contribution in [2.75, 3.05) is 32.3 Å². The quantitative estimate of drug-likeness (QED) is 0.336. The first-order valence-corrected chi connectivity index (χ1v) is 14.2. The summed E-state index contributed by atoms with van der Waals surface area (Å²) >= 11 is 0. The van der Waals surface area contributed by atoms with Crippen LogP contribution in [0.4, 0.5) is 5.82 Å². The lowest BCUT2D eigenvalue weighted by Crippen LogP contribution is -2.36. The Morgan fingerprint density at radius 1 is 1.16 bits per heavy atom. The molecule has 0 atom stereocenters. The molecule has 2 N–H and O–H groups in total. The van der Waals surface area contributed by atoms with Crippen LogP contribution in [0.15, 0.2) is 53.8 Å². The largest absolute Gasteiger partial charge is 0.382 e. The van der Waals surface area contributed by atoms with Crippen molar-refractivity contribution < 1.29 is 17.9 Å². The Morgan fingerprint density at radius 2 is 1.89 bits per heavy atom. The van der Waals surface area contributed by atoms with Crippen LogP contribution in [0.1, 0.15) is 37.3 Å². The van der Waals surface area contributed by atoms with Gasteiger partial charge in [-0.15, -0.1) is 0 Å². The van der Waals surface area contributed by atoms with E-state index >= 15 is 0 Å². The minimum Gasteiger partial charge on any atom is -0.382 e. The van der Waals surface area contributed by atoms with Gasteiger partial charge in [-0.05, 0) is 37.8 Å². The van der Waals surface area contributed by atoms with Crippen molar-refractivity contribution in [2.24, 2.45) is 0 Å². The number of nitrogens with two attached hydrogens (primary N) is 1. The number of hydrogen-bond donors (Lipinski definition) is 1. The van der Waals surface area contributed by atoms with Crippen LogP contribution in [0.3, 0.4) is 0 Å². The molecule has 4 aromatic rings. The number of hydrogen-bond acceptors (Lipinski definition) is 9. The van der Waals surface area contributed by atoms with Gasteiger partial charge in [-0.1, -0.05) is 18.2 Å². The molecule has 3 aromatic heterocycles. The summed E-state index contributed by atoms with van der Waals surface area (Å²) in [5, 5.41) is 18.7. The molecule has 1 fully saturated rings. The van der Waals surface area contributed by atoms with E-state index in [9.17, 15) is 13.7 Å². The Labute approximate surface area is 220 Å². The molecule has 38 heavy (non-hydrogen) atoms. The molecule has 0 aliphatic heterocycles. The number of fused-ring (bicyclic) bond motifs is 1. The van der Waals surface area contributed by atoms with Gasteiger partial charge in [0.25, 0.3) is 0 Å².